The smallest absolute Gasteiger partial charge is 0.176 e. The zero-order valence-electron chi connectivity index (χ0n) is 12.6. The van der Waals surface area contributed by atoms with Gasteiger partial charge in [0.15, 0.2) is 5.78 Å². The fraction of sp³-hybridized carbons (Fsp3) is 0.500. The molecule has 0 bridgehead atoms. The Morgan fingerprint density at radius 3 is 2.35 bits per heavy atom. The molecule has 0 saturated heterocycles. The molecule has 0 spiro atoms. The molecule has 1 rings (SSSR count). The van der Waals surface area contributed by atoms with E-state index >= 15 is 0 Å². The second-order valence-corrected chi connectivity index (χ2v) is 5.14. The average Bonchev–Trinajstić information content (AvgIpc) is 2.45. The van der Waals surface area contributed by atoms with Gasteiger partial charge in [-0.15, -0.1) is 0 Å². The van der Waals surface area contributed by atoms with Crippen LogP contribution >= 0.6 is 0 Å². The first kappa shape index (κ1) is 16.4. The molecule has 4 nitrogen and oxygen atoms in total. The number of rotatable bonds is 8. The van der Waals surface area contributed by atoms with Crippen molar-refractivity contribution in [2.24, 2.45) is 0 Å². The summed E-state index contributed by atoms with van der Waals surface area (Å²) in [6, 6.07) is 8.90. The molecule has 0 heterocycles. The van der Waals surface area contributed by atoms with E-state index in [4.69, 9.17) is 5.26 Å². The molecule has 0 aliphatic heterocycles. The van der Waals surface area contributed by atoms with Crippen molar-refractivity contribution >= 4 is 5.78 Å². The predicted molar refractivity (Wildman–Crippen MR) is 80.8 cm³/mol. The number of ketones is 1. The van der Waals surface area contributed by atoms with Crippen LogP contribution in [0.25, 0.3) is 0 Å². The zero-order chi connectivity index (χ0) is 15.0. The van der Waals surface area contributed by atoms with Gasteiger partial charge in [-0.3, -0.25) is 9.69 Å². The number of likely N-dealkylation sites (N-methyl/N-ethyl adjacent to an activating group) is 1. The van der Waals surface area contributed by atoms with E-state index in [0.717, 1.165) is 26.1 Å². The van der Waals surface area contributed by atoms with Gasteiger partial charge < -0.3 is 4.90 Å². The molecule has 0 aromatic heterocycles. The summed E-state index contributed by atoms with van der Waals surface area (Å²) in [6.07, 6.45) is 1.06. The molecule has 20 heavy (non-hydrogen) atoms. The van der Waals surface area contributed by atoms with Crippen molar-refractivity contribution in [2.75, 3.05) is 40.3 Å². The van der Waals surface area contributed by atoms with Crippen molar-refractivity contribution in [2.45, 2.75) is 13.3 Å². The van der Waals surface area contributed by atoms with Crippen LogP contribution in [0.1, 0.15) is 29.3 Å². The van der Waals surface area contributed by atoms with Crippen LogP contribution in [-0.2, 0) is 0 Å². The molecule has 1 aromatic rings. The normalized spacial score (nSPS) is 10.8. The number of carbonyl (C=O) groups is 1. The van der Waals surface area contributed by atoms with Crippen LogP contribution in [-0.4, -0.2) is 55.9 Å². The highest BCUT2D eigenvalue weighted by Gasteiger charge is 2.11. The molecule has 108 valence electrons. The molecule has 0 aliphatic carbocycles. The van der Waals surface area contributed by atoms with Crippen LogP contribution in [0, 0.1) is 11.3 Å². The van der Waals surface area contributed by atoms with Crippen molar-refractivity contribution in [3.05, 3.63) is 35.4 Å². The van der Waals surface area contributed by atoms with Gasteiger partial charge in [-0.05, 0) is 52.3 Å². The fourth-order valence-electron chi connectivity index (χ4n) is 1.98. The maximum atomic E-state index is 12.2. The van der Waals surface area contributed by atoms with Gasteiger partial charge in [0.1, 0.15) is 0 Å². The predicted octanol–water partition coefficient (Wildman–Crippen LogP) is 2.01. The van der Waals surface area contributed by atoms with Crippen molar-refractivity contribution in [1.82, 2.24) is 9.80 Å². The molecule has 0 aliphatic rings. The Morgan fingerprint density at radius 1 is 1.20 bits per heavy atom. The van der Waals surface area contributed by atoms with Gasteiger partial charge in [-0.2, -0.15) is 5.26 Å². The van der Waals surface area contributed by atoms with E-state index in [1.165, 1.54) is 0 Å². The van der Waals surface area contributed by atoms with E-state index < -0.39 is 0 Å². The fourth-order valence-corrected chi connectivity index (χ4v) is 1.98. The minimum Gasteiger partial charge on any atom is -0.309 e. The summed E-state index contributed by atoms with van der Waals surface area (Å²) in [4.78, 5) is 16.5. The Hall–Kier alpha value is -1.70. The highest BCUT2D eigenvalue weighted by atomic mass is 16.1. The molecule has 0 atom stereocenters. The summed E-state index contributed by atoms with van der Waals surface area (Å²) in [5.74, 6) is 0.112. The van der Waals surface area contributed by atoms with E-state index in [0.29, 0.717) is 17.7 Å². The number of carbonyl (C=O) groups excluding carboxylic acids is 1. The summed E-state index contributed by atoms with van der Waals surface area (Å²) in [5.41, 5.74) is 1.26. The zero-order valence-corrected chi connectivity index (χ0v) is 12.6. The Kier molecular flexibility index (Phi) is 6.92. The molecule has 0 unspecified atom stereocenters. The number of benzene rings is 1. The summed E-state index contributed by atoms with van der Waals surface area (Å²) < 4.78 is 0. The molecular weight excluding hydrogens is 250 g/mol. The minimum atomic E-state index is 0.112. The molecule has 4 heteroatoms. The first-order chi connectivity index (χ1) is 9.56. The van der Waals surface area contributed by atoms with Crippen LogP contribution in [0.15, 0.2) is 24.3 Å². The van der Waals surface area contributed by atoms with Crippen LogP contribution < -0.4 is 0 Å². The molecule has 1 aromatic carbocycles. The summed E-state index contributed by atoms with van der Waals surface area (Å²) in [6.45, 7) is 5.34. The van der Waals surface area contributed by atoms with Crippen molar-refractivity contribution in [3.8, 4) is 6.07 Å². The lowest BCUT2D eigenvalue weighted by Gasteiger charge is -2.20. The maximum Gasteiger partial charge on any atom is 0.176 e. The third kappa shape index (κ3) is 5.52. The lowest BCUT2D eigenvalue weighted by Crippen LogP contribution is -2.32. The Bertz CT molecular complexity index is 460. The molecule has 0 radical (unpaired) electrons. The Labute approximate surface area is 121 Å². The first-order valence-corrected chi connectivity index (χ1v) is 6.97. The Morgan fingerprint density at radius 2 is 1.85 bits per heavy atom. The number of Topliss-reactive ketones (excluding diaryl/α,β-unsaturated/α-hetero) is 1. The van der Waals surface area contributed by atoms with E-state index in [1.807, 2.05) is 0 Å². The monoisotopic (exact) mass is 273 g/mol. The topological polar surface area (TPSA) is 47.3 Å². The van der Waals surface area contributed by atoms with Crippen LogP contribution in [0.5, 0.6) is 0 Å². The third-order valence-electron chi connectivity index (χ3n) is 3.23. The quantitative estimate of drug-likeness (QED) is 0.680. The summed E-state index contributed by atoms with van der Waals surface area (Å²) >= 11 is 0. The van der Waals surface area contributed by atoms with E-state index in [9.17, 15) is 4.79 Å². The van der Waals surface area contributed by atoms with Gasteiger partial charge >= 0.3 is 0 Å². The molecule has 0 amide bonds. The van der Waals surface area contributed by atoms with Gasteiger partial charge in [0, 0.05) is 5.56 Å². The van der Waals surface area contributed by atoms with E-state index in [1.54, 1.807) is 24.3 Å². The average molecular weight is 273 g/mol. The SMILES string of the molecule is CCN(CCCN(C)C)CC(=O)c1ccc(C#N)cc1. The minimum absolute atomic E-state index is 0.112. The number of nitriles is 1. The molecular formula is C16H23N3O. The Balaban J connectivity index is 2.51. The van der Waals surface area contributed by atoms with Gasteiger partial charge in [-0.1, -0.05) is 19.1 Å². The van der Waals surface area contributed by atoms with Crippen LogP contribution in [0.3, 0.4) is 0 Å². The second-order valence-electron chi connectivity index (χ2n) is 5.14. The van der Waals surface area contributed by atoms with Crippen LogP contribution in [0.4, 0.5) is 0 Å². The van der Waals surface area contributed by atoms with Crippen molar-refractivity contribution in [3.63, 3.8) is 0 Å². The van der Waals surface area contributed by atoms with Gasteiger partial charge in [0.05, 0.1) is 18.2 Å². The second kappa shape index (κ2) is 8.47. The standard InChI is InChI=1S/C16H23N3O/c1-4-19(11-5-10-18(2)3)13-16(20)15-8-6-14(12-17)7-9-15/h6-9H,4-5,10-11,13H2,1-3H3. The van der Waals surface area contributed by atoms with Crippen molar-refractivity contribution < 1.29 is 4.79 Å². The largest absolute Gasteiger partial charge is 0.309 e. The first-order valence-electron chi connectivity index (χ1n) is 6.97. The van der Waals surface area contributed by atoms with Crippen LogP contribution in [0.2, 0.25) is 0 Å². The molecule has 0 N–H and O–H groups in total. The summed E-state index contributed by atoms with van der Waals surface area (Å²) in [7, 11) is 4.11. The highest BCUT2D eigenvalue weighted by Crippen LogP contribution is 2.06. The number of nitrogens with zero attached hydrogens (tertiary/aromatic N) is 3. The van der Waals surface area contributed by atoms with Crippen molar-refractivity contribution in [1.29, 1.82) is 5.26 Å². The van der Waals surface area contributed by atoms with Gasteiger partial charge in [0.2, 0.25) is 0 Å². The number of hydrogen-bond acceptors (Lipinski definition) is 4. The molecule has 0 saturated carbocycles. The number of hydrogen-bond donors (Lipinski definition) is 0. The van der Waals surface area contributed by atoms with E-state index in [2.05, 4.69) is 36.9 Å². The maximum absolute atomic E-state index is 12.2. The van der Waals surface area contributed by atoms with Gasteiger partial charge in [-0.25, -0.2) is 0 Å². The lowest BCUT2D eigenvalue weighted by molar-refractivity contribution is 0.0932. The molecule has 0 fully saturated rings. The highest BCUT2D eigenvalue weighted by molar-refractivity contribution is 5.97. The van der Waals surface area contributed by atoms with Gasteiger partial charge in [0.25, 0.3) is 0 Å². The summed E-state index contributed by atoms with van der Waals surface area (Å²) in [5, 5.41) is 8.75. The third-order valence-corrected chi connectivity index (χ3v) is 3.23. The van der Waals surface area contributed by atoms with E-state index in [-0.39, 0.29) is 5.78 Å². The lowest BCUT2D eigenvalue weighted by atomic mass is 10.1.